The van der Waals surface area contributed by atoms with Gasteiger partial charge in [-0.25, -0.2) is 4.57 Å². The van der Waals surface area contributed by atoms with E-state index in [0.29, 0.717) is 0 Å². The Hall–Kier alpha value is -1.63. The van der Waals surface area contributed by atoms with Crippen molar-refractivity contribution in [1.29, 1.82) is 0 Å². The van der Waals surface area contributed by atoms with E-state index in [4.69, 9.17) is 0 Å². The van der Waals surface area contributed by atoms with Crippen LogP contribution in [-0.4, -0.2) is 0 Å². The van der Waals surface area contributed by atoms with Gasteiger partial charge in [0, 0.05) is 18.6 Å². The molecule has 82 valence electrons. The molecule has 0 aliphatic carbocycles. The summed E-state index contributed by atoms with van der Waals surface area (Å²) in [4.78, 5) is 0. The van der Waals surface area contributed by atoms with E-state index >= 15 is 0 Å². The molecule has 1 heteroatoms. The molecule has 1 aromatic carbocycles. The maximum Gasteiger partial charge on any atom is 0.169 e. The molecule has 0 atom stereocenters. The normalized spacial score (nSPS) is 10.3. The van der Waals surface area contributed by atoms with Crippen LogP contribution in [0.1, 0.15) is 24.5 Å². The van der Waals surface area contributed by atoms with Crippen LogP contribution in [0.25, 0.3) is 0 Å². The van der Waals surface area contributed by atoms with Crippen molar-refractivity contribution in [3.05, 3.63) is 66.0 Å². The summed E-state index contributed by atoms with van der Waals surface area (Å²) < 4.78 is 2.23. The number of hydrogen-bond acceptors (Lipinski definition) is 0. The van der Waals surface area contributed by atoms with Crippen molar-refractivity contribution in [3.8, 4) is 0 Å². The highest BCUT2D eigenvalue weighted by molar-refractivity contribution is 5.23. The van der Waals surface area contributed by atoms with E-state index in [-0.39, 0.29) is 0 Å². The monoisotopic (exact) mass is 212 g/mol. The van der Waals surface area contributed by atoms with Crippen molar-refractivity contribution in [1.82, 2.24) is 0 Å². The SMILES string of the molecule is CCC[n+]1ccc(Cc2ccccc2)cc1. The van der Waals surface area contributed by atoms with Gasteiger partial charge in [-0.3, -0.25) is 0 Å². The number of nitrogens with zero attached hydrogens (tertiary/aromatic N) is 1. The first-order chi connectivity index (χ1) is 7.88. The topological polar surface area (TPSA) is 3.88 Å². The van der Waals surface area contributed by atoms with Gasteiger partial charge in [-0.15, -0.1) is 0 Å². The quantitative estimate of drug-likeness (QED) is 0.686. The van der Waals surface area contributed by atoms with Crippen LogP contribution in [0, 0.1) is 0 Å². The number of rotatable bonds is 4. The van der Waals surface area contributed by atoms with Gasteiger partial charge in [-0.05, 0) is 17.5 Å². The number of hydrogen-bond donors (Lipinski definition) is 0. The summed E-state index contributed by atoms with van der Waals surface area (Å²) in [5.41, 5.74) is 2.74. The predicted octanol–water partition coefficient (Wildman–Crippen LogP) is 2.97. The Morgan fingerprint density at radius 3 is 2.12 bits per heavy atom. The Kier molecular flexibility index (Phi) is 3.71. The molecule has 0 N–H and O–H groups in total. The van der Waals surface area contributed by atoms with Gasteiger partial charge < -0.3 is 0 Å². The zero-order valence-corrected chi connectivity index (χ0v) is 9.76. The number of aromatic nitrogens is 1. The maximum atomic E-state index is 2.23. The van der Waals surface area contributed by atoms with E-state index in [1.165, 1.54) is 17.5 Å². The summed E-state index contributed by atoms with van der Waals surface area (Å²) in [7, 11) is 0. The molecule has 0 aliphatic rings. The highest BCUT2D eigenvalue weighted by Crippen LogP contribution is 2.07. The fourth-order valence-electron chi connectivity index (χ4n) is 1.84. The van der Waals surface area contributed by atoms with E-state index in [1.807, 2.05) is 0 Å². The minimum atomic E-state index is 1.02. The summed E-state index contributed by atoms with van der Waals surface area (Å²) >= 11 is 0. The molecule has 1 nitrogen and oxygen atoms in total. The van der Waals surface area contributed by atoms with Gasteiger partial charge in [-0.1, -0.05) is 37.3 Å². The van der Waals surface area contributed by atoms with Crippen LogP contribution in [0.2, 0.25) is 0 Å². The summed E-state index contributed by atoms with van der Waals surface area (Å²) in [5.74, 6) is 0. The van der Waals surface area contributed by atoms with Gasteiger partial charge in [0.1, 0.15) is 6.54 Å². The average molecular weight is 212 g/mol. The molecule has 0 saturated carbocycles. The molecule has 0 radical (unpaired) electrons. The van der Waals surface area contributed by atoms with Crippen LogP contribution in [0.15, 0.2) is 54.9 Å². The van der Waals surface area contributed by atoms with E-state index in [2.05, 4.69) is 66.3 Å². The minimum absolute atomic E-state index is 1.02. The van der Waals surface area contributed by atoms with Crippen molar-refractivity contribution in [2.75, 3.05) is 0 Å². The third kappa shape index (κ3) is 2.93. The smallest absolute Gasteiger partial charge is 0.169 e. The van der Waals surface area contributed by atoms with Crippen molar-refractivity contribution in [2.45, 2.75) is 26.3 Å². The Balaban J connectivity index is 2.05. The molecule has 0 fully saturated rings. The average Bonchev–Trinajstić information content (AvgIpc) is 2.33. The predicted molar refractivity (Wildman–Crippen MR) is 66.2 cm³/mol. The Bertz CT molecular complexity index is 417. The van der Waals surface area contributed by atoms with E-state index < -0.39 is 0 Å². The molecule has 0 bridgehead atoms. The van der Waals surface area contributed by atoms with Gasteiger partial charge in [0.25, 0.3) is 0 Å². The van der Waals surface area contributed by atoms with Crippen molar-refractivity contribution in [3.63, 3.8) is 0 Å². The first kappa shape index (κ1) is 10.9. The second-order valence-corrected chi connectivity index (χ2v) is 4.11. The Morgan fingerprint density at radius 2 is 1.50 bits per heavy atom. The van der Waals surface area contributed by atoms with Crippen LogP contribution in [0.3, 0.4) is 0 Å². The molecule has 0 unspecified atom stereocenters. The van der Waals surface area contributed by atoms with Gasteiger partial charge in [0.2, 0.25) is 0 Å². The minimum Gasteiger partial charge on any atom is -0.205 e. The highest BCUT2D eigenvalue weighted by Gasteiger charge is 2.00. The van der Waals surface area contributed by atoms with E-state index in [9.17, 15) is 0 Å². The Morgan fingerprint density at radius 1 is 0.875 bits per heavy atom. The van der Waals surface area contributed by atoms with Gasteiger partial charge in [0.05, 0.1) is 0 Å². The number of benzene rings is 1. The molecule has 1 aromatic heterocycles. The van der Waals surface area contributed by atoms with Gasteiger partial charge in [-0.2, -0.15) is 0 Å². The van der Waals surface area contributed by atoms with Gasteiger partial charge >= 0.3 is 0 Å². The lowest BCUT2D eigenvalue weighted by Crippen LogP contribution is -2.32. The second-order valence-electron chi connectivity index (χ2n) is 4.11. The largest absolute Gasteiger partial charge is 0.205 e. The fraction of sp³-hybridized carbons (Fsp3) is 0.267. The lowest BCUT2D eigenvalue weighted by molar-refractivity contribution is -0.697. The molecule has 0 aliphatic heterocycles. The lowest BCUT2D eigenvalue weighted by Gasteiger charge is -2.00. The van der Waals surface area contributed by atoms with E-state index in [1.54, 1.807) is 0 Å². The lowest BCUT2D eigenvalue weighted by atomic mass is 10.1. The van der Waals surface area contributed by atoms with Crippen LogP contribution in [0.4, 0.5) is 0 Å². The van der Waals surface area contributed by atoms with E-state index in [0.717, 1.165) is 13.0 Å². The van der Waals surface area contributed by atoms with Crippen LogP contribution < -0.4 is 4.57 Å². The molecule has 2 rings (SSSR count). The summed E-state index contributed by atoms with van der Waals surface area (Å²) in [6.45, 7) is 3.30. The highest BCUT2D eigenvalue weighted by atomic mass is 14.9. The van der Waals surface area contributed by atoms with Crippen LogP contribution >= 0.6 is 0 Å². The number of pyridine rings is 1. The molecule has 2 aromatic rings. The zero-order chi connectivity index (χ0) is 11.2. The van der Waals surface area contributed by atoms with Crippen molar-refractivity contribution < 1.29 is 4.57 Å². The summed E-state index contributed by atoms with van der Waals surface area (Å²) in [6, 6.07) is 15.0. The van der Waals surface area contributed by atoms with Crippen LogP contribution in [0.5, 0.6) is 0 Å². The summed E-state index contributed by atoms with van der Waals surface area (Å²) in [5, 5.41) is 0. The third-order valence-electron chi connectivity index (χ3n) is 2.69. The first-order valence-electron chi connectivity index (χ1n) is 5.90. The first-order valence-corrected chi connectivity index (χ1v) is 5.90. The molecule has 0 spiro atoms. The molecular weight excluding hydrogens is 194 g/mol. The van der Waals surface area contributed by atoms with Crippen molar-refractivity contribution in [2.24, 2.45) is 0 Å². The van der Waals surface area contributed by atoms with Crippen LogP contribution in [-0.2, 0) is 13.0 Å². The van der Waals surface area contributed by atoms with Gasteiger partial charge in [0.15, 0.2) is 12.4 Å². The third-order valence-corrected chi connectivity index (χ3v) is 2.69. The number of aryl methyl sites for hydroxylation is 1. The molecular formula is C15H18N+. The van der Waals surface area contributed by atoms with Crippen molar-refractivity contribution >= 4 is 0 Å². The maximum absolute atomic E-state index is 2.23. The summed E-state index contributed by atoms with van der Waals surface area (Å²) in [6.07, 6.45) is 6.54. The molecule has 0 amide bonds. The zero-order valence-electron chi connectivity index (χ0n) is 9.76. The Labute approximate surface area is 97.4 Å². The molecule has 16 heavy (non-hydrogen) atoms. The molecule has 0 saturated heterocycles. The fourth-order valence-corrected chi connectivity index (χ4v) is 1.84. The second kappa shape index (κ2) is 5.45. The standard InChI is InChI=1S/C15H18N/c1-2-10-16-11-8-15(9-12-16)13-14-6-4-3-5-7-14/h3-9,11-12H,2,10,13H2,1H3/q+1. The molecule has 1 heterocycles.